The fourth-order valence-corrected chi connectivity index (χ4v) is 2.84. The molecule has 0 aliphatic rings. The lowest BCUT2D eigenvalue weighted by Crippen LogP contribution is -2.21. The quantitative estimate of drug-likeness (QED) is 0.752. The molecule has 2 aromatic carbocycles. The van der Waals surface area contributed by atoms with E-state index < -0.39 is 0 Å². The molecule has 3 aromatic rings. The van der Waals surface area contributed by atoms with Crippen LogP contribution >= 0.6 is 0 Å². The van der Waals surface area contributed by atoms with Crippen molar-refractivity contribution in [3.63, 3.8) is 0 Å². The Labute approximate surface area is 126 Å². The van der Waals surface area contributed by atoms with Crippen LogP contribution in [0.15, 0.2) is 60.8 Å². The molecule has 1 unspecified atom stereocenters. The van der Waals surface area contributed by atoms with Gasteiger partial charge in [0.1, 0.15) is 0 Å². The van der Waals surface area contributed by atoms with Crippen molar-refractivity contribution in [3.8, 4) is 0 Å². The normalized spacial score (nSPS) is 12.7. The minimum atomic E-state index is 0.232. The first-order valence-electron chi connectivity index (χ1n) is 7.64. The summed E-state index contributed by atoms with van der Waals surface area (Å²) in [5, 5.41) is 1.30. The van der Waals surface area contributed by atoms with Gasteiger partial charge in [0.05, 0.1) is 5.52 Å². The monoisotopic (exact) mass is 278 g/mol. The van der Waals surface area contributed by atoms with Gasteiger partial charge in [0, 0.05) is 18.8 Å². The molecule has 2 nitrogen and oxygen atoms in total. The summed E-state index contributed by atoms with van der Waals surface area (Å²) in [6.07, 6.45) is 4.13. The van der Waals surface area contributed by atoms with E-state index in [1.807, 2.05) is 0 Å². The highest BCUT2D eigenvalue weighted by Crippen LogP contribution is 2.23. The Morgan fingerprint density at radius 1 is 1.00 bits per heavy atom. The van der Waals surface area contributed by atoms with E-state index >= 15 is 0 Å². The van der Waals surface area contributed by atoms with Gasteiger partial charge in [-0.1, -0.05) is 55.5 Å². The third-order valence-corrected chi connectivity index (χ3v) is 4.07. The number of rotatable bonds is 5. The summed E-state index contributed by atoms with van der Waals surface area (Å²) in [4.78, 5) is 0. The van der Waals surface area contributed by atoms with Gasteiger partial charge < -0.3 is 10.3 Å². The second-order valence-corrected chi connectivity index (χ2v) is 5.66. The van der Waals surface area contributed by atoms with Crippen LogP contribution in [-0.2, 0) is 13.0 Å². The number of nitrogens with two attached hydrogens (primary N) is 1. The number of hydrogen-bond donors (Lipinski definition) is 1. The summed E-state index contributed by atoms with van der Waals surface area (Å²) in [6, 6.07) is 19.5. The summed E-state index contributed by atoms with van der Waals surface area (Å²) in [5.41, 5.74) is 10.2. The minimum absolute atomic E-state index is 0.232. The molecule has 2 heteroatoms. The van der Waals surface area contributed by atoms with E-state index in [-0.39, 0.29) is 6.04 Å². The van der Waals surface area contributed by atoms with Crippen LogP contribution in [0.1, 0.15) is 24.5 Å². The van der Waals surface area contributed by atoms with Gasteiger partial charge in [-0.25, -0.2) is 0 Å². The van der Waals surface area contributed by atoms with Crippen LogP contribution in [0.3, 0.4) is 0 Å². The molecule has 0 amide bonds. The molecular weight excluding hydrogens is 256 g/mol. The largest absolute Gasteiger partial charge is 0.343 e. The third-order valence-electron chi connectivity index (χ3n) is 4.07. The first-order chi connectivity index (χ1) is 10.3. The van der Waals surface area contributed by atoms with E-state index in [2.05, 4.69) is 72.3 Å². The highest BCUT2D eigenvalue weighted by Gasteiger charge is 2.09. The summed E-state index contributed by atoms with van der Waals surface area (Å²) >= 11 is 0. The van der Waals surface area contributed by atoms with Gasteiger partial charge in [0.25, 0.3) is 0 Å². The van der Waals surface area contributed by atoms with Crippen LogP contribution in [0.5, 0.6) is 0 Å². The van der Waals surface area contributed by atoms with Gasteiger partial charge >= 0.3 is 0 Å². The van der Waals surface area contributed by atoms with E-state index in [0.29, 0.717) is 0 Å². The van der Waals surface area contributed by atoms with Crippen LogP contribution in [-0.4, -0.2) is 10.6 Å². The van der Waals surface area contributed by atoms with Crippen molar-refractivity contribution in [1.29, 1.82) is 0 Å². The van der Waals surface area contributed by atoms with Crippen molar-refractivity contribution in [2.75, 3.05) is 0 Å². The summed E-state index contributed by atoms with van der Waals surface area (Å²) < 4.78 is 2.34. The minimum Gasteiger partial charge on any atom is -0.343 e. The molecule has 0 bridgehead atoms. The average Bonchev–Trinajstić information content (AvgIpc) is 2.92. The summed E-state index contributed by atoms with van der Waals surface area (Å²) in [7, 11) is 0. The van der Waals surface area contributed by atoms with Gasteiger partial charge in [-0.3, -0.25) is 0 Å². The van der Waals surface area contributed by atoms with Gasteiger partial charge in [0.2, 0.25) is 0 Å². The molecule has 0 aliphatic carbocycles. The van der Waals surface area contributed by atoms with E-state index in [0.717, 1.165) is 19.4 Å². The predicted molar refractivity (Wildman–Crippen MR) is 89.5 cm³/mol. The van der Waals surface area contributed by atoms with Gasteiger partial charge in [-0.05, 0) is 35.4 Å². The Morgan fingerprint density at radius 3 is 2.57 bits per heavy atom. The molecule has 2 N–H and O–H groups in total. The maximum absolute atomic E-state index is 6.16. The standard InChI is InChI=1S/C19H22N2/c1-2-18(20)13-17-10-6-9-16-11-12-21(19(16)17)14-15-7-4-3-5-8-15/h3-12,18H,2,13-14,20H2,1H3. The van der Waals surface area contributed by atoms with E-state index in [9.17, 15) is 0 Å². The topological polar surface area (TPSA) is 30.9 Å². The number of fused-ring (bicyclic) bond motifs is 1. The SMILES string of the molecule is CCC(N)Cc1cccc2ccn(Cc3ccccc3)c12. The Bertz CT molecular complexity index is 713. The molecular formula is C19H22N2. The fraction of sp³-hybridized carbons (Fsp3) is 0.263. The first kappa shape index (κ1) is 13.9. The average molecular weight is 278 g/mol. The fourth-order valence-electron chi connectivity index (χ4n) is 2.84. The van der Waals surface area contributed by atoms with Crippen LogP contribution in [0.2, 0.25) is 0 Å². The van der Waals surface area contributed by atoms with Gasteiger partial charge in [-0.2, -0.15) is 0 Å². The summed E-state index contributed by atoms with van der Waals surface area (Å²) in [6.45, 7) is 3.05. The summed E-state index contributed by atoms with van der Waals surface area (Å²) in [5.74, 6) is 0. The van der Waals surface area contributed by atoms with E-state index in [1.165, 1.54) is 22.0 Å². The molecule has 0 saturated heterocycles. The number of hydrogen-bond acceptors (Lipinski definition) is 1. The molecule has 0 spiro atoms. The van der Waals surface area contributed by atoms with Crippen LogP contribution in [0.25, 0.3) is 10.9 Å². The molecule has 1 aromatic heterocycles. The maximum atomic E-state index is 6.16. The van der Waals surface area contributed by atoms with E-state index in [1.54, 1.807) is 0 Å². The molecule has 108 valence electrons. The zero-order valence-electron chi connectivity index (χ0n) is 12.5. The van der Waals surface area contributed by atoms with Crippen molar-refractivity contribution in [2.45, 2.75) is 32.4 Å². The second kappa shape index (κ2) is 6.15. The van der Waals surface area contributed by atoms with Crippen molar-refractivity contribution >= 4 is 10.9 Å². The lowest BCUT2D eigenvalue weighted by Gasteiger charge is -2.13. The smallest absolute Gasteiger partial charge is 0.0516 e. The lowest BCUT2D eigenvalue weighted by atomic mass is 10.0. The maximum Gasteiger partial charge on any atom is 0.0516 e. The highest BCUT2D eigenvalue weighted by molar-refractivity contribution is 5.83. The Balaban J connectivity index is 1.99. The second-order valence-electron chi connectivity index (χ2n) is 5.66. The van der Waals surface area contributed by atoms with Crippen molar-refractivity contribution in [2.24, 2.45) is 5.73 Å². The Kier molecular flexibility index (Phi) is 4.07. The molecule has 0 radical (unpaired) electrons. The van der Waals surface area contributed by atoms with Gasteiger partial charge in [-0.15, -0.1) is 0 Å². The molecule has 1 atom stereocenters. The number of para-hydroxylation sites is 1. The molecule has 0 fully saturated rings. The van der Waals surface area contributed by atoms with Crippen molar-refractivity contribution in [3.05, 3.63) is 71.9 Å². The highest BCUT2D eigenvalue weighted by atomic mass is 15.0. The number of benzene rings is 2. The third kappa shape index (κ3) is 3.01. The molecule has 21 heavy (non-hydrogen) atoms. The predicted octanol–water partition coefficient (Wildman–Crippen LogP) is 3.97. The van der Waals surface area contributed by atoms with Crippen molar-refractivity contribution in [1.82, 2.24) is 4.57 Å². The van der Waals surface area contributed by atoms with Crippen LogP contribution in [0.4, 0.5) is 0 Å². The van der Waals surface area contributed by atoms with Crippen LogP contribution < -0.4 is 5.73 Å². The lowest BCUT2D eigenvalue weighted by molar-refractivity contribution is 0.646. The first-order valence-corrected chi connectivity index (χ1v) is 7.64. The zero-order valence-corrected chi connectivity index (χ0v) is 12.5. The van der Waals surface area contributed by atoms with Crippen molar-refractivity contribution < 1.29 is 0 Å². The Morgan fingerprint density at radius 2 is 1.81 bits per heavy atom. The zero-order chi connectivity index (χ0) is 14.7. The molecule has 3 rings (SSSR count). The van der Waals surface area contributed by atoms with E-state index in [4.69, 9.17) is 5.73 Å². The number of nitrogens with zero attached hydrogens (tertiary/aromatic N) is 1. The molecule has 0 saturated carbocycles. The molecule has 0 aliphatic heterocycles. The molecule has 1 heterocycles. The van der Waals surface area contributed by atoms with Crippen LogP contribution in [0, 0.1) is 0 Å². The number of aromatic nitrogens is 1. The van der Waals surface area contributed by atoms with Gasteiger partial charge in [0.15, 0.2) is 0 Å². The Hall–Kier alpha value is -2.06.